The zero-order valence-corrected chi connectivity index (χ0v) is 12.8. The van der Waals surface area contributed by atoms with Crippen molar-refractivity contribution in [1.82, 2.24) is 0 Å². The number of nitrogens with zero attached hydrogens (tertiary/aromatic N) is 1. The van der Waals surface area contributed by atoms with Gasteiger partial charge in [0.05, 0.1) is 5.69 Å². The Labute approximate surface area is 129 Å². The van der Waals surface area contributed by atoms with Crippen molar-refractivity contribution in [2.75, 3.05) is 5.73 Å². The smallest absolute Gasteiger partial charge is 0.129 e. The van der Waals surface area contributed by atoms with Gasteiger partial charge >= 0.3 is 0 Å². The van der Waals surface area contributed by atoms with E-state index >= 15 is 0 Å². The summed E-state index contributed by atoms with van der Waals surface area (Å²) in [6, 6.07) is 11.1. The molecule has 0 atom stereocenters. The number of rotatable bonds is 2. The molecule has 2 aromatic heterocycles. The lowest BCUT2D eigenvalue weighted by atomic mass is 10.0. The van der Waals surface area contributed by atoms with Crippen LogP contribution in [0.15, 0.2) is 35.7 Å². The number of benzene rings is 1. The van der Waals surface area contributed by atoms with Crippen molar-refractivity contribution in [2.24, 2.45) is 0 Å². The zero-order valence-electron chi connectivity index (χ0n) is 11.2. The fraction of sp³-hybridized carbons (Fsp3) is 0.0625. The van der Waals surface area contributed by atoms with Gasteiger partial charge in [0.1, 0.15) is 16.8 Å². The molecule has 0 spiro atoms. The molecule has 0 fully saturated rings. The van der Waals surface area contributed by atoms with E-state index in [1.54, 1.807) is 24.3 Å². The van der Waals surface area contributed by atoms with Crippen molar-refractivity contribution >= 4 is 28.4 Å². The Morgan fingerprint density at radius 3 is 2.71 bits per heavy atom. The van der Waals surface area contributed by atoms with Gasteiger partial charge in [-0.25, -0.2) is 4.39 Å². The van der Waals surface area contributed by atoms with Crippen molar-refractivity contribution in [3.63, 3.8) is 0 Å². The topological polar surface area (TPSA) is 49.8 Å². The maximum absolute atomic E-state index is 13.8. The van der Waals surface area contributed by atoms with Gasteiger partial charge in [-0.15, -0.1) is 22.7 Å². The normalized spacial score (nSPS) is 10.5. The number of aryl methyl sites for hydroxylation is 1. The molecule has 0 saturated carbocycles. The molecule has 2 nitrogen and oxygen atoms in total. The van der Waals surface area contributed by atoms with Gasteiger partial charge in [0, 0.05) is 15.3 Å². The molecule has 104 valence electrons. The highest BCUT2D eigenvalue weighted by Gasteiger charge is 2.20. The van der Waals surface area contributed by atoms with Crippen LogP contribution < -0.4 is 5.73 Å². The fourth-order valence-corrected chi connectivity index (χ4v) is 4.01. The minimum atomic E-state index is -0.255. The summed E-state index contributed by atoms with van der Waals surface area (Å²) in [7, 11) is 0. The molecule has 0 saturated heterocycles. The van der Waals surface area contributed by atoms with Gasteiger partial charge < -0.3 is 5.73 Å². The minimum absolute atomic E-state index is 0.255. The van der Waals surface area contributed by atoms with Crippen LogP contribution in [0.2, 0.25) is 0 Å². The predicted molar refractivity (Wildman–Crippen MR) is 86.9 cm³/mol. The van der Waals surface area contributed by atoms with E-state index in [1.165, 1.54) is 17.4 Å². The average Bonchev–Trinajstić information content (AvgIpc) is 3.09. The second kappa shape index (κ2) is 5.32. The Morgan fingerprint density at radius 2 is 2.10 bits per heavy atom. The lowest BCUT2D eigenvalue weighted by molar-refractivity contribution is 0.619. The van der Waals surface area contributed by atoms with Crippen LogP contribution in [-0.4, -0.2) is 0 Å². The molecule has 0 unspecified atom stereocenters. The Balaban J connectivity index is 2.27. The van der Waals surface area contributed by atoms with Gasteiger partial charge in [-0.05, 0) is 35.6 Å². The molecule has 0 radical (unpaired) electrons. The first kappa shape index (κ1) is 13.8. The second-order valence-corrected chi connectivity index (χ2v) is 6.57. The Kier molecular flexibility index (Phi) is 3.50. The first-order chi connectivity index (χ1) is 10.1. The quantitative estimate of drug-likeness (QED) is 0.720. The third-order valence-electron chi connectivity index (χ3n) is 3.25. The number of nitrogens with two attached hydrogens (primary N) is 1. The van der Waals surface area contributed by atoms with Crippen molar-refractivity contribution in [1.29, 1.82) is 5.26 Å². The van der Waals surface area contributed by atoms with Crippen LogP contribution in [0.25, 0.3) is 20.9 Å². The van der Waals surface area contributed by atoms with Crippen molar-refractivity contribution in [2.45, 2.75) is 6.92 Å². The highest BCUT2D eigenvalue weighted by Crippen LogP contribution is 2.46. The van der Waals surface area contributed by atoms with Crippen LogP contribution in [0.3, 0.4) is 0 Å². The third kappa shape index (κ3) is 2.33. The van der Waals surface area contributed by atoms with Crippen LogP contribution in [-0.2, 0) is 0 Å². The summed E-state index contributed by atoms with van der Waals surface area (Å²) in [6.07, 6.45) is 0. The van der Waals surface area contributed by atoms with Crippen molar-refractivity contribution in [3.8, 4) is 27.0 Å². The molecule has 3 aromatic rings. The predicted octanol–water partition coefficient (Wildman–Crippen LogP) is 5.05. The SMILES string of the molecule is Cc1ccc(-c2sc(C#N)c(N)c2-c2cccs2)cc1F. The summed E-state index contributed by atoms with van der Waals surface area (Å²) in [5.41, 5.74) is 8.76. The first-order valence-corrected chi connectivity index (χ1v) is 7.94. The highest BCUT2D eigenvalue weighted by molar-refractivity contribution is 7.18. The lowest BCUT2D eigenvalue weighted by Crippen LogP contribution is -1.88. The molecule has 0 aliphatic rings. The molecule has 0 aliphatic heterocycles. The van der Waals surface area contributed by atoms with E-state index in [9.17, 15) is 9.65 Å². The number of thiophene rings is 2. The number of hydrogen-bond acceptors (Lipinski definition) is 4. The monoisotopic (exact) mass is 314 g/mol. The summed E-state index contributed by atoms with van der Waals surface area (Å²) in [5, 5.41) is 11.2. The van der Waals surface area contributed by atoms with E-state index < -0.39 is 0 Å². The average molecular weight is 314 g/mol. The van der Waals surface area contributed by atoms with Crippen LogP contribution in [0.1, 0.15) is 10.4 Å². The highest BCUT2D eigenvalue weighted by atomic mass is 32.1. The summed E-state index contributed by atoms with van der Waals surface area (Å²) in [5.74, 6) is -0.255. The first-order valence-electron chi connectivity index (χ1n) is 6.24. The second-order valence-electron chi connectivity index (χ2n) is 4.60. The fourth-order valence-electron chi connectivity index (χ4n) is 2.13. The number of nitriles is 1. The Bertz CT molecular complexity index is 842. The zero-order chi connectivity index (χ0) is 15.0. The molecule has 5 heteroatoms. The third-order valence-corrected chi connectivity index (χ3v) is 5.29. The molecule has 1 aromatic carbocycles. The van der Waals surface area contributed by atoms with Gasteiger partial charge in [-0.2, -0.15) is 5.26 Å². The Morgan fingerprint density at radius 1 is 1.29 bits per heavy atom. The van der Waals surface area contributed by atoms with E-state index in [-0.39, 0.29) is 5.82 Å². The maximum atomic E-state index is 13.8. The van der Waals surface area contributed by atoms with E-state index in [0.717, 1.165) is 20.9 Å². The molecule has 0 amide bonds. The van der Waals surface area contributed by atoms with Crippen LogP contribution >= 0.6 is 22.7 Å². The molecular weight excluding hydrogens is 303 g/mol. The molecule has 2 heterocycles. The molecule has 2 N–H and O–H groups in total. The molecule has 21 heavy (non-hydrogen) atoms. The number of hydrogen-bond donors (Lipinski definition) is 1. The van der Waals surface area contributed by atoms with Gasteiger partial charge in [0.15, 0.2) is 0 Å². The molecular formula is C16H11FN2S2. The molecule has 3 rings (SSSR count). The maximum Gasteiger partial charge on any atom is 0.129 e. The van der Waals surface area contributed by atoms with Gasteiger partial charge in [-0.3, -0.25) is 0 Å². The van der Waals surface area contributed by atoms with E-state index in [2.05, 4.69) is 6.07 Å². The number of nitrogen functional groups attached to an aromatic ring is 1. The van der Waals surface area contributed by atoms with Crippen LogP contribution in [0.5, 0.6) is 0 Å². The lowest BCUT2D eigenvalue weighted by Gasteiger charge is -2.05. The van der Waals surface area contributed by atoms with Gasteiger partial charge in [-0.1, -0.05) is 18.2 Å². The number of anilines is 1. The summed E-state index contributed by atoms with van der Waals surface area (Å²) in [4.78, 5) is 2.29. The van der Waals surface area contributed by atoms with E-state index in [1.807, 2.05) is 23.6 Å². The standard InChI is InChI=1S/C16H11FN2S2/c1-9-4-5-10(7-11(9)17)16-14(12-3-2-6-20-12)15(19)13(8-18)21-16/h2-7H,19H2,1H3. The van der Waals surface area contributed by atoms with Gasteiger partial charge in [0.25, 0.3) is 0 Å². The van der Waals surface area contributed by atoms with Gasteiger partial charge in [0.2, 0.25) is 0 Å². The summed E-state index contributed by atoms with van der Waals surface area (Å²) < 4.78 is 13.8. The summed E-state index contributed by atoms with van der Waals surface area (Å²) in [6.45, 7) is 1.72. The van der Waals surface area contributed by atoms with Crippen molar-refractivity contribution in [3.05, 3.63) is 52.0 Å². The van der Waals surface area contributed by atoms with Crippen LogP contribution in [0, 0.1) is 24.1 Å². The minimum Gasteiger partial charge on any atom is -0.396 e. The van der Waals surface area contributed by atoms with E-state index in [0.29, 0.717) is 16.1 Å². The van der Waals surface area contributed by atoms with E-state index in [4.69, 9.17) is 5.73 Å². The largest absolute Gasteiger partial charge is 0.396 e. The molecule has 0 bridgehead atoms. The van der Waals surface area contributed by atoms with Crippen molar-refractivity contribution < 1.29 is 4.39 Å². The molecule has 0 aliphatic carbocycles. The summed E-state index contributed by atoms with van der Waals surface area (Å²) >= 11 is 2.86. The van der Waals surface area contributed by atoms with Crippen LogP contribution in [0.4, 0.5) is 10.1 Å². The number of halogens is 1. The Hall–Kier alpha value is -2.16.